The molecule has 1 aliphatic carbocycles. The van der Waals surface area contributed by atoms with Gasteiger partial charge in [-0.05, 0) is 34.8 Å². The predicted octanol–water partition coefficient (Wildman–Crippen LogP) is 2.57. The lowest BCUT2D eigenvalue weighted by Gasteiger charge is -2.19. The normalized spacial score (nSPS) is 15.0. The first-order valence-corrected chi connectivity index (χ1v) is 5.77. The highest BCUT2D eigenvalue weighted by Crippen LogP contribution is 2.28. The van der Waals surface area contributed by atoms with Crippen molar-refractivity contribution >= 4 is 21.8 Å². The van der Waals surface area contributed by atoms with Crippen molar-refractivity contribution in [1.29, 1.82) is 0 Å². The molecule has 3 nitrogen and oxygen atoms in total. The van der Waals surface area contributed by atoms with Crippen molar-refractivity contribution in [2.24, 2.45) is 0 Å². The van der Waals surface area contributed by atoms with Crippen molar-refractivity contribution in [1.82, 2.24) is 9.88 Å². The van der Waals surface area contributed by atoms with Crippen LogP contribution in [-0.2, 0) is 0 Å². The molecular weight excluding hydrogens is 256 g/mol. The molecule has 0 unspecified atom stereocenters. The van der Waals surface area contributed by atoms with Gasteiger partial charge in [0.1, 0.15) is 5.69 Å². The van der Waals surface area contributed by atoms with E-state index >= 15 is 0 Å². The number of H-pyrrole nitrogens is 1. The fraction of sp³-hybridized carbons (Fsp3) is 0.364. The molecule has 1 aliphatic rings. The molecule has 15 heavy (non-hydrogen) atoms. The summed E-state index contributed by atoms with van der Waals surface area (Å²) in [4.78, 5) is 16.9. The van der Waals surface area contributed by atoms with E-state index in [1.807, 2.05) is 4.90 Å². The van der Waals surface area contributed by atoms with Gasteiger partial charge in [-0.15, -0.1) is 6.58 Å². The quantitative estimate of drug-likeness (QED) is 0.838. The van der Waals surface area contributed by atoms with Crippen molar-refractivity contribution in [3.63, 3.8) is 0 Å². The number of hydrogen-bond acceptors (Lipinski definition) is 1. The maximum Gasteiger partial charge on any atom is 0.270 e. The number of halogens is 1. The number of nitrogens with zero attached hydrogens (tertiary/aromatic N) is 1. The van der Waals surface area contributed by atoms with E-state index in [1.54, 1.807) is 18.3 Å². The van der Waals surface area contributed by atoms with Crippen LogP contribution in [0.15, 0.2) is 29.4 Å². The second kappa shape index (κ2) is 4.23. The first kappa shape index (κ1) is 10.5. The number of rotatable bonds is 4. The number of amides is 1. The Hall–Kier alpha value is -1.03. The molecule has 1 fully saturated rings. The molecule has 1 aromatic rings. The van der Waals surface area contributed by atoms with Crippen LogP contribution in [0.25, 0.3) is 0 Å². The largest absolute Gasteiger partial charge is 0.356 e. The summed E-state index contributed by atoms with van der Waals surface area (Å²) in [7, 11) is 0. The first-order chi connectivity index (χ1) is 7.22. The molecule has 1 N–H and O–H groups in total. The average Bonchev–Trinajstić information content (AvgIpc) is 2.96. The molecule has 0 aliphatic heterocycles. The lowest BCUT2D eigenvalue weighted by atomic mass is 10.3. The van der Waals surface area contributed by atoms with Gasteiger partial charge in [0.2, 0.25) is 0 Å². The summed E-state index contributed by atoms with van der Waals surface area (Å²) in [6.45, 7) is 4.30. The van der Waals surface area contributed by atoms with Crippen molar-refractivity contribution in [2.75, 3.05) is 6.54 Å². The third kappa shape index (κ3) is 2.31. The van der Waals surface area contributed by atoms with Crippen LogP contribution in [0.1, 0.15) is 23.3 Å². The smallest absolute Gasteiger partial charge is 0.270 e. The Balaban J connectivity index is 2.13. The van der Waals surface area contributed by atoms with Gasteiger partial charge < -0.3 is 9.88 Å². The second-order valence-corrected chi connectivity index (χ2v) is 4.62. The Kier molecular flexibility index (Phi) is 2.95. The van der Waals surface area contributed by atoms with E-state index < -0.39 is 0 Å². The van der Waals surface area contributed by atoms with E-state index in [9.17, 15) is 4.79 Å². The number of aromatic amines is 1. The Morgan fingerprint density at radius 3 is 2.93 bits per heavy atom. The maximum absolute atomic E-state index is 12.1. The molecular formula is C11H13BrN2O. The molecule has 80 valence electrons. The van der Waals surface area contributed by atoms with E-state index in [0.29, 0.717) is 18.3 Å². The number of carbonyl (C=O) groups excluding carboxylic acids is 1. The van der Waals surface area contributed by atoms with Crippen molar-refractivity contribution in [3.05, 3.63) is 35.1 Å². The highest BCUT2D eigenvalue weighted by Gasteiger charge is 2.32. The van der Waals surface area contributed by atoms with Crippen molar-refractivity contribution < 1.29 is 4.79 Å². The van der Waals surface area contributed by atoms with E-state index in [4.69, 9.17) is 0 Å². The zero-order valence-corrected chi connectivity index (χ0v) is 9.96. The predicted molar refractivity (Wildman–Crippen MR) is 62.7 cm³/mol. The molecule has 0 saturated heterocycles. The molecule has 0 radical (unpaired) electrons. The topological polar surface area (TPSA) is 36.1 Å². The third-order valence-corrected chi connectivity index (χ3v) is 2.91. The van der Waals surface area contributed by atoms with Crippen LogP contribution in [0.5, 0.6) is 0 Å². The molecule has 2 rings (SSSR count). The van der Waals surface area contributed by atoms with Gasteiger partial charge in [0.05, 0.1) is 0 Å². The molecule has 4 heteroatoms. The molecule has 0 aromatic carbocycles. The number of carbonyl (C=O) groups is 1. The number of aromatic nitrogens is 1. The Morgan fingerprint density at radius 1 is 1.73 bits per heavy atom. The van der Waals surface area contributed by atoms with Gasteiger partial charge in [-0.1, -0.05) is 6.08 Å². The zero-order valence-electron chi connectivity index (χ0n) is 8.37. The lowest BCUT2D eigenvalue weighted by molar-refractivity contribution is 0.0757. The molecule has 1 saturated carbocycles. The minimum Gasteiger partial charge on any atom is -0.356 e. The van der Waals surface area contributed by atoms with Crippen molar-refractivity contribution in [3.8, 4) is 0 Å². The van der Waals surface area contributed by atoms with Crippen LogP contribution in [-0.4, -0.2) is 28.4 Å². The third-order valence-electron chi connectivity index (χ3n) is 2.45. The molecule has 1 amide bonds. The minimum atomic E-state index is 0.0584. The van der Waals surface area contributed by atoms with Crippen LogP contribution in [0.4, 0.5) is 0 Å². The molecule has 0 spiro atoms. The first-order valence-electron chi connectivity index (χ1n) is 4.98. The van der Waals surface area contributed by atoms with Gasteiger partial charge in [0.15, 0.2) is 0 Å². The summed E-state index contributed by atoms with van der Waals surface area (Å²) < 4.78 is 0.903. The Bertz CT molecular complexity index is 382. The van der Waals surface area contributed by atoms with E-state index in [1.165, 1.54) is 0 Å². The lowest BCUT2D eigenvalue weighted by Crippen LogP contribution is -2.33. The van der Waals surface area contributed by atoms with E-state index in [0.717, 1.165) is 17.3 Å². The second-order valence-electron chi connectivity index (χ2n) is 3.71. The minimum absolute atomic E-state index is 0.0584. The summed E-state index contributed by atoms with van der Waals surface area (Å²) in [6, 6.07) is 2.22. The molecule has 0 bridgehead atoms. The van der Waals surface area contributed by atoms with Gasteiger partial charge in [-0.3, -0.25) is 4.79 Å². The molecule has 1 aromatic heterocycles. The standard InChI is InChI=1S/C11H13BrN2O/c1-2-5-14(9-3-4-9)11(15)10-6-8(12)7-13-10/h2,6-7,9,13H,1,3-5H2. The van der Waals surface area contributed by atoms with Crippen molar-refractivity contribution in [2.45, 2.75) is 18.9 Å². The fourth-order valence-corrected chi connectivity index (χ4v) is 1.91. The fourth-order valence-electron chi connectivity index (χ4n) is 1.57. The SMILES string of the molecule is C=CCN(C(=O)c1cc(Br)c[nH]1)C1CC1. The van der Waals surface area contributed by atoms with Gasteiger partial charge in [0.25, 0.3) is 5.91 Å². The highest BCUT2D eigenvalue weighted by molar-refractivity contribution is 9.10. The summed E-state index contributed by atoms with van der Waals surface area (Å²) >= 11 is 3.32. The summed E-state index contributed by atoms with van der Waals surface area (Å²) in [6.07, 6.45) is 5.77. The van der Waals surface area contributed by atoms with E-state index in [2.05, 4.69) is 27.5 Å². The van der Waals surface area contributed by atoms with Gasteiger partial charge in [-0.2, -0.15) is 0 Å². The zero-order chi connectivity index (χ0) is 10.8. The Morgan fingerprint density at radius 2 is 2.47 bits per heavy atom. The van der Waals surface area contributed by atoms with Gasteiger partial charge in [-0.25, -0.2) is 0 Å². The van der Waals surface area contributed by atoms with Crippen LogP contribution < -0.4 is 0 Å². The maximum atomic E-state index is 12.1. The summed E-state index contributed by atoms with van der Waals surface area (Å²) in [5.74, 6) is 0.0584. The van der Waals surface area contributed by atoms with Crippen LogP contribution in [0.3, 0.4) is 0 Å². The van der Waals surface area contributed by atoms with Crippen LogP contribution in [0, 0.1) is 0 Å². The average molecular weight is 269 g/mol. The van der Waals surface area contributed by atoms with Crippen LogP contribution in [0.2, 0.25) is 0 Å². The number of nitrogens with one attached hydrogen (secondary N) is 1. The molecule has 0 atom stereocenters. The summed E-state index contributed by atoms with van der Waals surface area (Å²) in [5.41, 5.74) is 0.635. The summed E-state index contributed by atoms with van der Waals surface area (Å²) in [5, 5.41) is 0. The van der Waals surface area contributed by atoms with E-state index in [-0.39, 0.29) is 5.91 Å². The van der Waals surface area contributed by atoms with Gasteiger partial charge >= 0.3 is 0 Å². The molecule has 1 heterocycles. The van der Waals surface area contributed by atoms with Crippen LogP contribution >= 0.6 is 15.9 Å². The Labute approximate surface area is 97.3 Å². The van der Waals surface area contributed by atoms with Gasteiger partial charge in [0, 0.05) is 23.3 Å². The monoisotopic (exact) mass is 268 g/mol. The highest BCUT2D eigenvalue weighted by atomic mass is 79.9. The number of hydrogen-bond donors (Lipinski definition) is 1.